The molecule has 0 aromatic carbocycles. The first kappa shape index (κ1) is 8.98. The molecule has 0 amide bonds. The van der Waals surface area contributed by atoms with Crippen LogP contribution in [0.4, 0.5) is 0 Å². The average molecular weight is 178 g/mol. The Labute approximate surface area is 80.2 Å². The Kier molecular flexibility index (Phi) is 2.27. The van der Waals surface area contributed by atoms with Gasteiger partial charge in [-0.05, 0) is 43.1 Å². The summed E-state index contributed by atoms with van der Waals surface area (Å²) in [5.74, 6) is 1.88. The summed E-state index contributed by atoms with van der Waals surface area (Å²) >= 11 is 0. The van der Waals surface area contributed by atoms with Crippen LogP contribution in [0.2, 0.25) is 0 Å². The first-order valence-corrected chi connectivity index (χ1v) is 5.45. The summed E-state index contributed by atoms with van der Waals surface area (Å²) in [6.45, 7) is 4.56. The summed E-state index contributed by atoms with van der Waals surface area (Å²) in [4.78, 5) is 11.6. The third kappa shape index (κ3) is 1.45. The van der Waals surface area contributed by atoms with Crippen molar-refractivity contribution in [2.75, 3.05) is 0 Å². The van der Waals surface area contributed by atoms with E-state index < -0.39 is 0 Å². The average Bonchev–Trinajstić information content (AvgIpc) is 2.53. The van der Waals surface area contributed by atoms with Gasteiger partial charge in [0.15, 0.2) is 5.78 Å². The molecule has 0 aromatic heterocycles. The summed E-state index contributed by atoms with van der Waals surface area (Å²) in [5, 5.41) is 0. The molecule has 2 aliphatic rings. The van der Waals surface area contributed by atoms with Gasteiger partial charge in [-0.3, -0.25) is 4.79 Å². The highest BCUT2D eigenvalue weighted by molar-refractivity contribution is 5.97. The second-order valence-corrected chi connectivity index (χ2v) is 4.67. The summed E-state index contributed by atoms with van der Waals surface area (Å²) in [6.07, 6.45) is 5.40. The van der Waals surface area contributed by atoms with Crippen molar-refractivity contribution in [1.82, 2.24) is 0 Å². The molecule has 1 atom stereocenters. The second-order valence-electron chi connectivity index (χ2n) is 4.67. The molecule has 1 nitrogen and oxygen atoms in total. The van der Waals surface area contributed by atoms with Crippen molar-refractivity contribution >= 4 is 5.78 Å². The SMILES string of the molecule is CC(C)C1CCC(=O)C2=C1CCC2. The molecule has 0 saturated carbocycles. The van der Waals surface area contributed by atoms with Crippen LogP contribution in [-0.2, 0) is 4.79 Å². The third-order valence-electron chi connectivity index (χ3n) is 3.53. The monoisotopic (exact) mass is 178 g/mol. The third-order valence-corrected chi connectivity index (χ3v) is 3.53. The van der Waals surface area contributed by atoms with Crippen LogP contribution in [-0.4, -0.2) is 5.78 Å². The van der Waals surface area contributed by atoms with Gasteiger partial charge < -0.3 is 0 Å². The number of allylic oxidation sites excluding steroid dienone is 2. The van der Waals surface area contributed by atoms with Gasteiger partial charge in [-0.25, -0.2) is 0 Å². The van der Waals surface area contributed by atoms with E-state index in [2.05, 4.69) is 13.8 Å². The molecule has 1 unspecified atom stereocenters. The fraction of sp³-hybridized carbons (Fsp3) is 0.750. The summed E-state index contributed by atoms with van der Waals surface area (Å²) in [6, 6.07) is 0. The van der Waals surface area contributed by atoms with Crippen molar-refractivity contribution in [2.24, 2.45) is 11.8 Å². The second kappa shape index (κ2) is 3.28. The fourth-order valence-electron chi connectivity index (χ4n) is 2.84. The molecule has 0 radical (unpaired) electrons. The number of Topliss-reactive ketones (excluding diaryl/α,β-unsaturated/α-hetero) is 1. The van der Waals surface area contributed by atoms with Crippen LogP contribution in [0.1, 0.15) is 46.0 Å². The van der Waals surface area contributed by atoms with E-state index in [-0.39, 0.29) is 0 Å². The maximum absolute atomic E-state index is 11.6. The predicted octanol–water partition coefficient (Wildman–Crippen LogP) is 3.10. The van der Waals surface area contributed by atoms with Gasteiger partial charge in [0.25, 0.3) is 0 Å². The molecule has 0 heterocycles. The van der Waals surface area contributed by atoms with Gasteiger partial charge in [0.05, 0.1) is 0 Å². The lowest BCUT2D eigenvalue weighted by molar-refractivity contribution is -0.116. The number of ketones is 1. The number of carbonyl (C=O) groups is 1. The van der Waals surface area contributed by atoms with E-state index in [0.717, 1.165) is 31.1 Å². The first-order valence-electron chi connectivity index (χ1n) is 5.45. The van der Waals surface area contributed by atoms with Gasteiger partial charge in [0.1, 0.15) is 0 Å². The minimum atomic E-state index is 0.449. The zero-order chi connectivity index (χ0) is 9.42. The predicted molar refractivity (Wildman–Crippen MR) is 53.4 cm³/mol. The molecule has 72 valence electrons. The molecule has 0 aliphatic heterocycles. The minimum absolute atomic E-state index is 0.449. The Bertz CT molecular complexity index is 260. The van der Waals surface area contributed by atoms with Crippen LogP contribution in [0, 0.1) is 11.8 Å². The van der Waals surface area contributed by atoms with Gasteiger partial charge in [-0.15, -0.1) is 0 Å². The Hall–Kier alpha value is -0.590. The van der Waals surface area contributed by atoms with E-state index in [0.29, 0.717) is 5.78 Å². The van der Waals surface area contributed by atoms with Crippen LogP contribution in [0.25, 0.3) is 0 Å². The van der Waals surface area contributed by atoms with Gasteiger partial charge >= 0.3 is 0 Å². The molecule has 0 spiro atoms. The van der Waals surface area contributed by atoms with Crippen molar-refractivity contribution in [3.63, 3.8) is 0 Å². The van der Waals surface area contributed by atoms with E-state index in [1.807, 2.05) is 0 Å². The molecular formula is C12H18O. The van der Waals surface area contributed by atoms with Gasteiger partial charge in [0.2, 0.25) is 0 Å². The Balaban J connectivity index is 2.29. The van der Waals surface area contributed by atoms with Crippen molar-refractivity contribution in [3.8, 4) is 0 Å². The highest BCUT2D eigenvalue weighted by Gasteiger charge is 2.32. The summed E-state index contributed by atoms with van der Waals surface area (Å²) in [7, 11) is 0. The zero-order valence-corrected chi connectivity index (χ0v) is 8.60. The number of rotatable bonds is 1. The maximum Gasteiger partial charge on any atom is 0.158 e. The van der Waals surface area contributed by atoms with Gasteiger partial charge in [0, 0.05) is 6.42 Å². The highest BCUT2D eigenvalue weighted by Crippen LogP contribution is 2.41. The van der Waals surface area contributed by atoms with Crippen molar-refractivity contribution in [3.05, 3.63) is 11.1 Å². The standard InChI is InChI=1S/C12H18O/c1-8(2)9-6-7-12(13)11-5-3-4-10(9)11/h8-9H,3-7H2,1-2H3. The Morgan fingerprint density at radius 2 is 2.00 bits per heavy atom. The van der Waals surface area contributed by atoms with Crippen LogP contribution in [0.15, 0.2) is 11.1 Å². The first-order chi connectivity index (χ1) is 6.20. The van der Waals surface area contributed by atoms with Crippen molar-refractivity contribution in [2.45, 2.75) is 46.0 Å². The molecule has 2 rings (SSSR count). The molecule has 0 fully saturated rings. The van der Waals surface area contributed by atoms with E-state index in [9.17, 15) is 4.79 Å². The normalized spacial score (nSPS) is 28.5. The molecule has 0 N–H and O–H groups in total. The lowest BCUT2D eigenvalue weighted by Gasteiger charge is -2.27. The van der Waals surface area contributed by atoms with E-state index in [4.69, 9.17) is 0 Å². The summed E-state index contributed by atoms with van der Waals surface area (Å²) in [5.41, 5.74) is 2.73. The van der Waals surface area contributed by atoms with E-state index in [1.54, 1.807) is 0 Å². The largest absolute Gasteiger partial charge is 0.295 e. The molecule has 1 heteroatoms. The quantitative estimate of drug-likeness (QED) is 0.603. The number of carbonyl (C=O) groups excluding carboxylic acids is 1. The van der Waals surface area contributed by atoms with E-state index >= 15 is 0 Å². The Morgan fingerprint density at radius 3 is 2.69 bits per heavy atom. The lowest BCUT2D eigenvalue weighted by atomic mass is 9.77. The molecule has 13 heavy (non-hydrogen) atoms. The number of hydrogen-bond donors (Lipinski definition) is 0. The highest BCUT2D eigenvalue weighted by atomic mass is 16.1. The number of hydrogen-bond acceptors (Lipinski definition) is 1. The Morgan fingerprint density at radius 1 is 1.23 bits per heavy atom. The van der Waals surface area contributed by atoms with Crippen molar-refractivity contribution in [1.29, 1.82) is 0 Å². The summed E-state index contributed by atoms with van der Waals surface area (Å²) < 4.78 is 0. The maximum atomic E-state index is 11.6. The smallest absolute Gasteiger partial charge is 0.158 e. The topological polar surface area (TPSA) is 17.1 Å². The molecule has 0 aromatic rings. The van der Waals surface area contributed by atoms with Gasteiger partial charge in [-0.1, -0.05) is 19.4 Å². The van der Waals surface area contributed by atoms with Crippen LogP contribution < -0.4 is 0 Å². The molecule has 0 saturated heterocycles. The molecule has 0 bridgehead atoms. The lowest BCUT2D eigenvalue weighted by Crippen LogP contribution is -2.20. The van der Waals surface area contributed by atoms with E-state index in [1.165, 1.54) is 24.0 Å². The van der Waals surface area contributed by atoms with Gasteiger partial charge in [-0.2, -0.15) is 0 Å². The van der Waals surface area contributed by atoms with Crippen LogP contribution in [0.5, 0.6) is 0 Å². The zero-order valence-electron chi connectivity index (χ0n) is 8.60. The van der Waals surface area contributed by atoms with Crippen LogP contribution in [0.3, 0.4) is 0 Å². The minimum Gasteiger partial charge on any atom is -0.295 e. The molecule has 2 aliphatic carbocycles. The van der Waals surface area contributed by atoms with Crippen LogP contribution >= 0.6 is 0 Å². The van der Waals surface area contributed by atoms with Crippen molar-refractivity contribution < 1.29 is 4.79 Å². The molecular weight excluding hydrogens is 160 g/mol. The fourth-order valence-corrected chi connectivity index (χ4v) is 2.84.